The average molecular weight is 543 g/mol. The van der Waals surface area contributed by atoms with Gasteiger partial charge in [-0.2, -0.15) is 5.26 Å². The number of nitrogens with zero attached hydrogens (tertiary/aromatic N) is 2. The lowest BCUT2D eigenvalue weighted by molar-refractivity contribution is -0.139. The molecule has 0 bridgehead atoms. The van der Waals surface area contributed by atoms with E-state index >= 15 is 0 Å². The number of hydrogen-bond acceptors (Lipinski definition) is 8. The number of halogens is 1. The molecule has 3 N–H and O–H groups in total. The van der Waals surface area contributed by atoms with Crippen LogP contribution >= 0.6 is 11.6 Å². The zero-order valence-corrected chi connectivity index (χ0v) is 21.7. The molecule has 1 heterocycles. The molecule has 1 aliphatic rings. The summed E-state index contributed by atoms with van der Waals surface area (Å²) in [5.41, 5.74) is 7.83. The number of allylic oxidation sites excluding steroid dienone is 1. The molecule has 1 amide bonds. The molecular formula is C29H23ClN4O5. The van der Waals surface area contributed by atoms with E-state index in [-0.39, 0.29) is 22.7 Å². The van der Waals surface area contributed by atoms with Crippen molar-refractivity contribution in [3.05, 3.63) is 118 Å². The smallest absolute Gasteiger partial charge is 0.355 e. The van der Waals surface area contributed by atoms with Crippen molar-refractivity contribution < 1.29 is 23.9 Å². The summed E-state index contributed by atoms with van der Waals surface area (Å²) in [7, 11) is 2.35. The van der Waals surface area contributed by atoms with Gasteiger partial charge in [-0.05, 0) is 48.0 Å². The van der Waals surface area contributed by atoms with E-state index < -0.39 is 23.8 Å². The molecule has 0 fully saturated rings. The number of ether oxygens (including phenoxy) is 2. The van der Waals surface area contributed by atoms with Gasteiger partial charge in [0.25, 0.3) is 5.91 Å². The zero-order valence-electron chi connectivity index (χ0n) is 21.0. The fourth-order valence-electron chi connectivity index (χ4n) is 4.31. The van der Waals surface area contributed by atoms with E-state index in [1.54, 1.807) is 78.9 Å². The molecule has 196 valence electrons. The second-order valence-electron chi connectivity index (χ2n) is 8.35. The van der Waals surface area contributed by atoms with E-state index in [4.69, 9.17) is 26.8 Å². The molecule has 0 saturated heterocycles. The second kappa shape index (κ2) is 11.5. The molecule has 3 aromatic rings. The standard InChI is InChI=1S/C29H23ClN4O5/c1-38-28(36)24-23(17-7-4-3-5-8-17)22(16-31)26(32)34(25(24)29(37)39-2)21-10-6-9-20(15-21)33-27(35)18-11-13-19(30)14-12-18/h3-15,23H,32H2,1-2H3,(H,33,35). The number of esters is 2. The Kier molecular flexibility index (Phi) is 7.98. The van der Waals surface area contributed by atoms with Crippen LogP contribution in [-0.2, 0) is 19.1 Å². The fourth-order valence-corrected chi connectivity index (χ4v) is 4.43. The minimum Gasteiger partial charge on any atom is -0.466 e. The summed E-state index contributed by atoms with van der Waals surface area (Å²) in [6.45, 7) is 0. The Morgan fingerprint density at radius 3 is 2.23 bits per heavy atom. The number of methoxy groups -OCH3 is 2. The summed E-state index contributed by atoms with van der Waals surface area (Å²) in [6, 6.07) is 23.6. The van der Waals surface area contributed by atoms with Crippen LogP contribution in [0.1, 0.15) is 21.8 Å². The first-order valence-corrected chi connectivity index (χ1v) is 12.0. The first-order valence-electron chi connectivity index (χ1n) is 11.6. The Labute approximate surface area is 229 Å². The lowest BCUT2D eigenvalue weighted by atomic mass is 9.81. The summed E-state index contributed by atoms with van der Waals surface area (Å²) in [5, 5.41) is 13.4. The number of rotatable bonds is 6. The summed E-state index contributed by atoms with van der Waals surface area (Å²) < 4.78 is 10.1. The normalized spacial score (nSPS) is 14.9. The van der Waals surface area contributed by atoms with Gasteiger partial charge in [-0.15, -0.1) is 0 Å². The minimum atomic E-state index is -0.984. The molecule has 0 spiro atoms. The maximum absolute atomic E-state index is 13.2. The van der Waals surface area contributed by atoms with Crippen molar-refractivity contribution >= 4 is 40.8 Å². The highest BCUT2D eigenvalue weighted by molar-refractivity contribution is 6.30. The summed E-state index contributed by atoms with van der Waals surface area (Å²) in [5.74, 6) is -3.16. The van der Waals surface area contributed by atoms with Gasteiger partial charge in [0.2, 0.25) is 0 Å². The molecule has 9 nitrogen and oxygen atoms in total. The van der Waals surface area contributed by atoms with Crippen molar-refractivity contribution in [3.8, 4) is 6.07 Å². The summed E-state index contributed by atoms with van der Waals surface area (Å²) in [4.78, 5) is 40.4. The zero-order chi connectivity index (χ0) is 28.1. The van der Waals surface area contributed by atoms with Gasteiger partial charge < -0.3 is 20.5 Å². The molecule has 1 unspecified atom stereocenters. The average Bonchev–Trinajstić information content (AvgIpc) is 2.96. The molecule has 1 aliphatic heterocycles. The Balaban J connectivity index is 1.87. The third-order valence-corrected chi connectivity index (χ3v) is 6.33. The highest BCUT2D eigenvalue weighted by Crippen LogP contribution is 2.43. The number of benzene rings is 3. The van der Waals surface area contributed by atoms with Crippen LogP contribution in [0.25, 0.3) is 0 Å². The van der Waals surface area contributed by atoms with E-state index in [1.165, 1.54) is 19.1 Å². The van der Waals surface area contributed by atoms with Crippen molar-refractivity contribution in [2.45, 2.75) is 5.92 Å². The number of nitrogens with one attached hydrogen (secondary N) is 1. The first-order chi connectivity index (χ1) is 18.8. The van der Waals surface area contributed by atoms with Gasteiger partial charge in [0, 0.05) is 22.0 Å². The molecule has 0 aliphatic carbocycles. The topological polar surface area (TPSA) is 135 Å². The van der Waals surface area contributed by atoms with E-state index in [0.717, 1.165) is 0 Å². The van der Waals surface area contributed by atoms with Gasteiger partial charge in [0.15, 0.2) is 0 Å². The minimum absolute atomic E-state index is 0.0323. The predicted molar refractivity (Wildman–Crippen MR) is 145 cm³/mol. The summed E-state index contributed by atoms with van der Waals surface area (Å²) in [6.07, 6.45) is 0. The van der Waals surface area contributed by atoms with Crippen molar-refractivity contribution in [1.29, 1.82) is 5.26 Å². The molecule has 0 aromatic heterocycles. The van der Waals surface area contributed by atoms with Crippen LogP contribution in [0.2, 0.25) is 5.02 Å². The molecule has 3 aromatic carbocycles. The monoisotopic (exact) mass is 542 g/mol. The SMILES string of the molecule is COC(=O)C1=C(C(=O)OC)N(c2cccc(NC(=O)c3ccc(Cl)cc3)c2)C(N)=C(C#N)C1c1ccccc1. The number of anilines is 2. The molecule has 10 heteroatoms. The van der Waals surface area contributed by atoms with Crippen LogP contribution < -0.4 is 16.0 Å². The Morgan fingerprint density at radius 1 is 0.949 bits per heavy atom. The number of carbonyl (C=O) groups is 3. The van der Waals surface area contributed by atoms with Gasteiger partial charge in [0.05, 0.1) is 37.4 Å². The van der Waals surface area contributed by atoms with Gasteiger partial charge in [-0.3, -0.25) is 9.69 Å². The van der Waals surface area contributed by atoms with Crippen LogP contribution in [-0.4, -0.2) is 32.1 Å². The lowest BCUT2D eigenvalue weighted by Gasteiger charge is -2.36. The number of nitriles is 1. The number of hydrogen-bond donors (Lipinski definition) is 2. The van der Waals surface area contributed by atoms with Crippen LogP contribution in [0.3, 0.4) is 0 Å². The van der Waals surface area contributed by atoms with Crippen molar-refractivity contribution in [3.63, 3.8) is 0 Å². The lowest BCUT2D eigenvalue weighted by Crippen LogP contribution is -2.40. The Morgan fingerprint density at radius 2 is 1.62 bits per heavy atom. The Bertz CT molecular complexity index is 1540. The Hall–Kier alpha value is -5.07. The van der Waals surface area contributed by atoms with E-state index in [2.05, 4.69) is 11.4 Å². The summed E-state index contributed by atoms with van der Waals surface area (Å²) >= 11 is 5.91. The predicted octanol–water partition coefficient (Wildman–Crippen LogP) is 4.49. The maximum Gasteiger partial charge on any atom is 0.355 e. The van der Waals surface area contributed by atoms with Crippen LogP contribution in [0, 0.1) is 11.3 Å². The maximum atomic E-state index is 13.2. The third kappa shape index (κ3) is 5.32. The molecule has 4 rings (SSSR count). The third-order valence-electron chi connectivity index (χ3n) is 6.08. The molecular weight excluding hydrogens is 520 g/mol. The highest BCUT2D eigenvalue weighted by atomic mass is 35.5. The number of carbonyl (C=O) groups excluding carboxylic acids is 3. The van der Waals surface area contributed by atoms with Crippen LogP contribution in [0.15, 0.2) is 102 Å². The number of nitrogens with two attached hydrogens (primary N) is 1. The molecule has 0 radical (unpaired) electrons. The number of amides is 1. The first kappa shape index (κ1) is 27.0. The molecule has 0 saturated carbocycles. The highest BCUT2D eigenvalue weighted by Gasteiger charge is 2.43. The van der Waals surface area contributed by atoms with Crippen molar-refractivity contribution in [2.75, 3.05) is 24.4 Å². The van der Waals surface area contributed by atoms with E-state index in [1.807, 2.05) is 0 Å². The van der Waals surface area contributed by atoms with Crippen LogP contribution in [0.5, 0.6) is 0 Å². The second-order valence-corrected chi connectivity index (χ2v) is 8.78. The quantitative estimate of drug-likeness (QED) is 0.435. The van der Waals surface area contributed by atoms with E-state index in [9.17, 15) is 19.6 Å². The van der Waals surface area contributed by atoms with Gasteiger partial charge in [-0.1, -0.05) is 48.0 Å². The van der Waals surface area contributed by atoms with Crippen molar-refractivity contribution in [2.24, 2.45) is 5.73 Å². The van der Waals surface area contributed by atoms with Crippen molar-refractivity contribution in [1.82, 2.24) is 0 Å². The van der Waals surface area contributed by atoms with Crippen LogP contribution in [0.4, 0.5) is 11.4 Å². The van der Waals surface area contributed by atoms with Gasteiger partial charge >= 0.3 is 11.9 Å². The van der Waals surface area contributed by atoms with Gasteiger partial charge in [0.1, 0.15) is 11.5 Å². The largest absolute Gasteiger partial charge is 0.466 e. The molecule has 1 atom stereocenters. The molecule has 39 heavy (non-hydrogen) atoms. The fraction of sp³-hybridized carbons (Fsp3) is 0.103. The van der Waals surface area contributed by atoms with Gasteiger partial charge in [-0.25, -0.2) is 9.59 Å². The van der Waals surface area contributed by atoms with E-state index in [0.29, 0.717) is 27.5 Å².